The second-order valence-corrected chi connectivity index (χ2v) is 4.69. The van der Waals surface area contributed by atoms with Gasteiger partial charge in [-0.05, 0) is 37.0 Å². The van der Waals surface area contributed by atoms with E-state index < -0.39 is 0 Å². The van der Waals surface area contributed by atoms with Gasteiger partial charge in [-0.15, -0.1) is 0 Å². The minimum atomic E-state index is 0.265. The maximum absolute atomic E-state index is 9.37. The van der Waals surface area contributed by atoms with Gasteiger partial charge < -0.3 is 9.84 Å². The number of methoxy groups -OCH3 is 1. The molecular weight excluding hydrogens is 164 g/mol. The van der Waals surface area contributed by atoms with Crippen LogP contribution in [0.4, 0.5) is 0 Å². The van der Waals surface area contributed by atoms with E-state index in [2.05, 4.69) is 0 Å². The highest BCUT2D eigenvalue weighted by Gasteiger charge is 2.51. The maximum Gasteiger partial charge on any atom is 0.0605 e. The van der Waals surface area contributed by atoms with E-state index in [-0.39, 0.29) is 5.41 Å². The van der Waals surface area contributed by atoms with Crippen LogP contribution in [0.15, 0.2) is 0 Å². The molecule has 0 aliphatic heterocycles. The van der Waals surface area contributed by atoms with Gasteiger partial charge >= 0.3 is 0 Å². The lowest BCUT2D eigenvalue weighted by atomic mass is 9.76. The molecule has 2 atom stereocenters. The lowest BCUT2D eigenvalue weighted by Crippen LogP contribution is -2.35. The van der Waals surface area contributed by atoms with Crippen LogP contribution in [-0.2, 0) is 4.74 Å². The molecule has 2 saturated carbocycles. The first-order valence-electron chi connectivity index (χ1n) is 5.46. The summed E-state index contributed by atoms with van der Waals surface area (Å²) in [6, 6.07) is 0. The van der Waals surface area contributed by atoms with Crippen molar-refractivity contribution in [2.75, 3.05) is 13.7 Å². The van der Waals surface area contributed by atoms with Crippen molar-refractivity contribution in [1.29, 1.82) is 0 Å². The summed E-state index contributed by atoms with van der Waals surface area (Å²) in [5.74, 6) is 0.635. The normalized spacial score (nSPS) is 37.4. The van der Waals surface area contributed by atoms with E-state index in [0.29, 0.717) is 18.6 Å². The number of aliphatic hydroxyl groups is 1. The van der Waals surface area contributed by atoms with Crippen molar-refractivity contribution in [1.82, 2.24) is 0 Å². The Hall–Kier alpha value is -0.0800. The summed E-state index contributed by atoms with van der Waals surface area (Å²) in [7, 11) is 1.82. The zero-order valence-corrected chi connectivity index (χ0v) is 8.46. The summed E-state index contributed by atoms with van der Waals surface area (Å²) in [4.78, 5) is 0. The molecule has 2 rings (SSSR count). The summed E-state index contributed by atoms with van der Waals surface area (Å²) >= 11 is 0. The first-order valence-corrected chi connectivity index (χ1v) is 5.46. The number of hydrogen-bond donors (Lipinski definition) is 1. The van der Waals surface area contributed by atoms with Crippen molar-refractivity contribution < 1.29 is 9.84 Å². The van der Waals surface area contributed by atoms with E-state index in [0.717, 1.165) is 0 Å². The number of hydrogen-bond acceptors (Lipinski definition) is 2. The third-order valence-corrected chi connectivity index (χ3v) is 4.00. The molecular formula is C11H20O2. The Balaban J connectivity index is 2.02. The third-order valence-electron chi connectivity index (χ3n) is 4.00. The smallest absolute Gasteiger partial charge is 0.0605 e. The largest absolute Gasteiger partial charge is 0.396 e. The quantitative estimate of drug-likeness (QED) is 0.726. The Morgan fingerprint density at radius 2 is 2.00 bits per heavy atom. The van der Waals surface area contributed by atoms with Crippen LogP contribution in [-0.4, -0.2) is 24.9 Å². The van der Waals surface area contributed by atoms with Gasteiger partial charge in [-0.3, -0.25) is 0 Å². The number of aliphatic hydroxyl groups excluding tert-OH is 1. The molecule has 1 N–H and O–H groups in total. The van der Waals surface area contributed by atoms with Crippen LogP contribution in [0.1, 0.15) is 38.5 Å². The lowest BCUT2D eigenvalue weighted by Gasteiger charge is -2.35. The topological polar surface area (TPSA) is 29.5 Å². The molecule has 13 heavy (non-hydrogen) atoms. The van der Waals surface area contributed by atoms with Crippen LogP contribution in [0.25, 0.3) is 0 Å². The van der Waals surface area contributed by atoms with Crippen LogP contribution in [0.5, 0.6) is 0 Å². The van der Waals surface area contributed by atoms with Crippen LogP contribution < -0.4 is 0 Å². The summed E-state index contributed by atoms with van der Waals surface area (Å²) in [6.07, 6.45) is 7.94. The van der Waals surface area contributed by atoms with Crippen molar-refractivity contribution in [2.24, 2.45) is 11.3 Å². The van der Waals surface area contributed by atoms with Crippen molar-refractivity contribution in [2.45, 2.75) is 44.6 Å². The first-order chi connectivity index (χ1) is 6.32. The van der Waals surface area contributed by atoms with Gasteiger partial charge in [0.2, 0.25) is 0 Å². The minimum absolute atomic E-state index is 0.265. The van der Waals surface area contributed by atoms with Crippen LogP contribution in [0.2, 0.25) is 0 Å². The van der Waals surface area contributed by atoms with Gasteiger partial charge in [0.15, 0.2) is 0 Å². The fraction of sp³-hybridized carbons (Fsp3) is 1.00. The SMILES string of the molecule is COC1CCCCC1C1(CO)CC1. The second-order valence-electron chi connectivity index (χ2n) is 4.69. The molecule has 2 unspecified atom stereocenters. The zero-order valence-electron chi connectivity index (χ0n) is 8.46. The molecule has 0 aromatic carbocycles. The predicted octanol–water partition coefficient (Wildman–Crippen LogP) is 1.96. The monoisotopic (exact) mass is 184 g/mol. The fourth-order valence-electron chi connectivity index (χ4n) is 2.89. The highest BCUT2D eigenvalue weighted by molar-refractivity contribution is 5.01. The van der Waals surface area contributed by atoms with Gasteiger partial charge in [0, 0.05) is 13.7 Å². The standard InChI is InChI=1S/C11H20O2/c1-13-10-5-3-2-4-9(10)11(8-12)6-7-11/h9-10,12H,2-8H2,1H3. The maximum atomic E-state index is 9.37. The van der Waals surface area contributed by atoms with E-state index in [1.54, 1.807) is 0 Å². The number of ether oxygens (including phenoxy) is 1. The van der Waals surface area contributed by atoms with Gasteiger partial charge in [-0.25, -0.2) is 0 Å². The predicted molar refractivity (Wildman–Crippen MR) is 51.5 cm³/mol. The van der Waals surface area contributed by atoms with Gasteiger partial charge in [-0.1, -0.05) is 12.8 Å². The van der Waals surface area contributed by atoms with E-state index in [1.165, 1.54) is 38.5 Å². The van der Waals surface area contributed by atoms with Crippen LogP contribution in [0.3, 0.4) is 0 Å². The van der Waals surface area contributed by atoms with Crippen molar-refractivity contribution in [3.8, 4) is 0 Å². The average molecular weight is 184 g/mol. The Morgan fingerprint density at radius 3 is 2.54 bits per heavy atom. The molecule has 0 amide bonds. The zero-order chi connectivity index (χ0) is 9.31. The molecule has 2 aliphatic rings. The summed E-state index contributed by atoms with van der Waals surface area (Å²) < 4.78 is 5.52. The summed E-state index contributed by atoms with van der Waals surface area (Å²) in [6.45, 7) is 0.373. The minimum Gasteiger partial charge on any atom is -0.396 e. The van der Waals surface area contributed by atoms with Gasteiger partial charge in [0.1, 0.15) is 0 Å². The van der Waals surface area contributed by atoms with Gasteiger partial charge in [0.25, 0.3) is 0 Å². The average Bonchev–Trinajstić information content (AvgIpc) is 2.98. The second kappa shape index (κ2) is 3.58. The van der Waals surface area contributed by atoms with E-state index in [1.807, 2.05) is 7.11 Å². The summed E-state index contributed by atoms with van der Waals surface area (Å²) in [5, 5.41) is 9.37. The Morgan fingerprint density at radius 1 is 1.31 bits per heavy atom. The van der Waals surface area contributed by atoms with Crippen LogP contribution >= 0.6 is 0 Å². The molecule has 0 aromatic rings. The fourth-order valence-corrected chi connectivity index (χ4v) is 2.89. The molecule has 76 valence electrons. The molecule has 2 fully saturated rings. The molecule has 2 aliphatic carbocycles. The highest BCUT2D eigenvalue weighted by atomic mass is 16.5. The third kappa shape index (κ3) is 1.62. The van der Waals surface area contributed by atoms with Crippen molar-refractivity contribution in [3.63, 3.8) is 0 Å². The summed E-state index contributed by atoms with van der Waals surface area (Å²) in [5.41, 5.74) is 0.265. The van der Waals surface area contributed by atoms with E-state index in [4.69, 9.17) is 4.74 Å². The Kier molecular flexibility index (Phi) is 2.61. The van der Waals surface area contributed by atoms with Gasteiger partial charge in [-0.2, -0.15) is 0 Å². The molecule has 2 nitrogen and oxygen atoms in total. The van der Waals surface area contributed by atoms with Gasteiger partial charge in [0.05, 0.1) is 6.10 Å². The van der Waals surface area contributed by atoms with E-state index in [9.17, 15) is 5.11 Å². The Bertz CT molecular complexity index is 175. The number of rotatable bonds is 3. The van der Waals surface area contributed by atoms with Crippen molar-refractivity contribution in [3.05, 3.63) is 0 Å². The van der Waals surface area contributed by atoms with Crippen molar-refractivity contribution >= 4 is 0 Å². The molecule has 0 heterocycles. The molecule has 2 heteroatoms. The highest BCUT2D eigenvalue weighted by Crippen LogP contribution is 2.56. The molecule has 0 spiro atoms. The molecule has 0 saturated heterocycles. The Labute approximate surface area is 80.3 Å². The molecule has 0 aromatic heterocycles. The molecule has 0 radical (unpaired) electrons. The van der Waals surface area contributed by atoms with Crippen LogP contribution in [0, 0.1) is 11.3 Å². The van der Waals surface area contributed by atoms with E-state index >= 15 is 0 Å². The molecule has 0 bridgehead atoms. The first kappa shape index (κ1) is 9.47. The lowest BCUT2D eigenvalue weighted by molar-refractivity contribution is -0.0225.